The van der Waals surface area contributed by atoms with Crippen LogP contribution in [-0.4, -0.2) is 42.2 Å². The molecule has 3 aromatic rings. The average Bonchev–Trinajstić information content (AvgIpc) is 3.26. The van der Waals surface area contributed by atoms with Crippen LogP contribution >= 0.6 is 22.6 Å². The average molecular weight is 566 g/mol. The maximum atomic E-state index is 13.0. The van der Waals surface area contributed by atoms with Gasteiger partial charge in [-0.3, -0.25) is 14.9 Å². The van der Waals surface area contributed by atoms with Crippen LogP contribution in [-0.2, 0) is 17.4 Å². The molecule has 8 nitrogen and oxygen atoms in total. The predicted octanol–water partition coefficient (Wildman–Crippen LogP) is 3.19. The van der Waals surface area contributed by atoms with E-state index < -0.39 is 11.0 Å². The van der Waals surface area contributed by atoms with Gasteiger partial charge in [-0.25, -0.2) is 8.93 Å². The zero-order chi connectivity index (χ0) is 22.7. The van der Waals surface area contributed by atoms with Crippen LogP contribution in [0.5, 0.6) is 0 Å². The van der Waals surface area contributed by atoms with E-state index in [1.807, 2.05) is 20.8 Å². The van der Waals surface area contributed by atoms with Crippen molar-refractivity contribution in [2.45, 2.75) is 50.8 Å². The molecule has 2 aliphatic rings. The molecule has 1 fully saturated rings. The second-order valence-corrected chi connectivity index (χ2v) is 12.9. The van der Waals surface area contributed by atoms with E-state index in [0.29, 0.717) is 20.7 Å². The van der Waals surface area contributed by atoms with Crippen molar-refractivity contribution in [1.82, 2.24) is 24.9 Å². The van der Waals surface area contributed by atoms with Crippen LogP contribution in [0.4, 0.5) is 5.95 Å². The van der Waals surface area contributed by atoms with E-state index >= 15 is 0 Å². The molecular formula is C22H27IN6O2S. The number of aromatic nitrogens is 4. The summed E-state index contributed by atoms with van der Waals surface area (Å²) in [6.07, 6.45) is 2.80. The van der Waals surface area contributed by atoms with Crippen LogP contribution in [0.15, 0.2) is 29.1 Å². The highest BCUT2D eigenvalue weighted by atomic mass is 127. The molecule has 5 rings (SSSR count). The van der Waals surface area contributed by atoms with Crippen LogP contribution in [0.3, 0.4) is 0 Å². The molecule has 32 heavy (non-hydrogen) atoms. The van der Waals surface area contributed by atoms with Gasteiger partial charge in [0.25, 0.3) is 5.56 Å². The lowest BCUT2D eigenvalue weighted by molar-refractivity contribution is 0.177. The third-order valence-corrected chi connectivity index (χ3v) is 9.07. The molecule has 3 heterocycles. The molecule has 3 N–H and O–H groups in total. The van der Waals surface area contributed by atoms with Gasteiger partial charge < -0.3 is 4.90 Å². The predicted molar refractivity (Wildman–Crippen MR) is 135 cm³/mol. The van der Waals surface area contributed by atoms with Crippen molar-refractivity contribution in [3.05, 3.63) is 49.4 Å². The van der Waals surface area contributed by atoms with E-state index in [4.69, 9.17) is 0 Å². The summed E-state index contributed by atoms with van der Waals surface area (Å²) in [5, 5.41) is 7.50. The van der Waals surface area contributed by atoms with Crippen molar-refractivity contribution >= 4 is 50.6 Å². The summed E-state index contributed by atoms with van der Waals surface area (Å²) in [6.45, 7) is 7.54. The zero-order valence-corrected chi connectivity index (χ0v) is 21.3. The highest BCUT2D eigenvalue weighted by molar-refractivity contribution is 14.1. The Morgan fingerprint density at radius 3 is 2.69 bits per heavy atom. The smallest absolute Gasteiger partial charge is 0.264 e. The zero-order valence-electron chi connectivity index (χ0n) is 18.4. The number of nitrogens with zero attached hydrogens (tertiary/aromatic N) is 3. The van der Waals surface area contributed by atoms with Crippen LogP contribution in [0, 0.1) is 9.12 Å². The molecule has 1 aromatic carbocycles. The number of benzene rings is 1. The molecular weight excluding hydrogens is 539 g/mol. The van der Waals surface area contributed by atoms with Crippen molar-refractivity contribution in [2.75, 3.05) is 18.0 Å². The van der Waals surface area contributed by atoms with Gasteiger partial charge >= 0.3 is 0 Å². The van der Waals surface area contributed by atoms with Crippen LogP contribution in [0.2, 0.25) is 0 Å². The summed E-state index contributed by atoms with van der Waals surface area (Å²) in [5.74, 6) is 0.568. The number of hydrogen-bond donors (Lipinski definition) is 3. The lowest BCUT2D eigenvalue weighted by Crippen LogP contribution is -2.48. The third kappa shape index (κ3) is 3.69. The van der Waals surface area contributed by atoms with Crippen molar-refractivity contribution in [2.24, 2.45) is 5.41 Å². The molecule has 0 saturated carbocycles. The number of nitrogens with one attached hydrogen (secondary N) is 3. The van der Waals surface area contributed by atoms with Crippen molar-refractivity contribution < 1.29 is 4.21 Å². The molecule has 10 heteroatoms. The minimum Gasteiger partial charge on any atom is -0.342 e. The molecule has 1 unspecified atom stereocenters. The standard InChI is InChI=1S/C22H27IN6O2S/c1-21(2,3)32(31)28-16-14-7-5-4-6-13(14)12-22(16)8-10-29(11-9-22)20-24-18-15(19(30)25-20)17(23)26-27-18/h4-7,16,28H,8-12H2,1-3H3,(H2,24,25,26,27,30)/t16-,32?/m1/s1. The van der Waals surface area contributed by atoms with Crippen LogP contribution in [0.25, 0.3) is 11.0 Å². The van der Waals surface area contributed by atoms with E-state index in [0.717, 1.165) is 32.4 Å². The number of halogens is 1. The minimum absolute atomic E-state index is 0.00674. The number of piperidine rings is 1. The number of rotatable bonds is 3. The Morgan fingerprint density at radius 1 is 1.25 bits per heavy atom. The van der Waals surface area contributed by atoms with Gasteiger partial charge in [0.15, 0.2) is 5.65 Å². The molecule has 170 valence electrons. The summed E-state index contributed by atoms with van der Waals surface area (Å²) in [7, 11) is -1.16. The number of aromatic amines is 2. The summed E-state index contributed by atoms with van der Waals surface area (Å²) >= 11 is 2.06. The monoisotopic (exact) mass is 566 g/mol. The second kappa shape index (κ2) is 7.91. The maximum absolute atomic E-state index is 13.0. The highest BCUT2D eigenvalue weighted by Crippen LogP contribution is 2.52. The van der Waals surface area contributed by atoms with Gasteiger partial charge in [-0.1, -0.05) is 24.3 Å². The van der Waals surface area contributed by atoms with Gasteiger partial charge in [0.05, 0.1) is 21.8 Å². The lowest BCUT2D eigenvalue weighted by atomic mass is 9.73. The van der Waals surface area contributed by atoms with Gasteiger partial charge in [0.2, 0.25) is 5.95 Å². The van der Waals surface area contributed by atoms with Crippen molar-refractivity contribution in [3.8, 4) is 0 Å². The summed E-state index contributed by atoms with van der Waals surface area (Å²) in [6, 6.07) is 8.55. The van der Waals surface area contributed by atoms with Crippen molar-refractivity contribution in [1.29, 1.82) is 0 Å². The van der Waals surface area contributed by atoms with Gasteiger partial charge in [-0.05, 0) is 79.2 Å². The van der Waals surface area contributed by atoms with Gasteiger partial charge in [-0.2, -0.15) is 10.1 Å². The van der Waals surface area contributed by atoms with E-state index in [9.17, 15) is 9.00 Å². The first kappa shape index (κ1) is 22.0. The molecule has 1 aliphatic carbocycles. The van der Waals surface area contributed by atoms with E-state index in [2.05, 4.69) is 76.6 Å². The number of anilines is 1. The van der Waals surface area contributed by atoms with E-state index in [1.165, 1.54) is 11.1 Å². The lowest BCUT2D eigenvalue weighted by Gasteiger charge is -2.44. The topological polar surface area (TPSA) is 107 Å². The Hall–Kier alpha value is -1.79. The van der Waals surface area contributed by atoms with Crippen LogP contribution in [0.1, 0.15) is 50.8 Å². The highest BCUT2D eigenvalue weighted by Gasteiger charge is 2.49. The largest absolute Gasteiger partial charge is 0.342 e. The molecule has 1 spiro atoms. The Morgan fingerprint density at radius 2 is 1.97 bits per heavy atom. The third-order valence-electron chi connectivity index (χ3n) is 6.73. The minimum atomic E-state index is -1.16. The fraction of sp³-hybridized carbons (Fsp3) is 0.500. The molecule has 0 radical (unpaired) electrons. The fourth-order valence-electron chi connectivity index (χ4n) is 4.93. The molecule has 0 amide bonds. The Bertz CT molecular complexity index is 1260. The molecule has 2 atom stereocenters. The summed E-state index contributed by atoms with van der Waals surface area (Å²) in [5.41, 5.74) is 2.87. The SMILES string of the molecule is CC(C)(C)S(=O)N[C@@H]1c2ccccc2CC12CCN(c1nc3n[nH]c(I)c3c(=O)[nH]1)CC2. The Kier molecular flexibility index (Phi) is 5.44. The molecule has 2 aromatic heterocycles. The summed E-state index contributed by atoms with van der Waals surface area (Å²) in [4.78, 5) is 22.2. The first-order chi connectivity index (χ1) is 15.2. The maximum Gasteiger partial charge on any atom is 0.264 e. The quantitative estimate of drug-likeness (QED) is 0.423. The molecule has 1 saturated heterocycles. The Labute approximate surface area is 202 Å². The second-order valence-electron chi connectivity index (χ2n) is 9.78. The normalized spacial score (nSPS) is 21.2. The number of hydrogen-bond acceptors (Lipinski definition) is 5. The summed E-state index contributed by atoms with van der Waals surface area (Å²) < 4.78 is 16.9. The first-order valence-electron chi connectivity index (χ1n) is 10.8. The van der Waals surface area contributed by atoms with Gasteiger partial charge in [0, 0.05) is 13.1 Å². The van der Waals surface area contributed by atoms with Gasteiger partial charge in [0.1, 0.15) is 9.09 Å². The Balaban J connectivity index is 1.42. The molecule has 1 aliphatic heterocycles. The number of H-pyrrole nitrogens is 2. The number of fused-ring (bicyclic) bond motifs is 2. The van der Waals surface area contributed by atoms with E-state index in [-0.39, 0.29) is 21.8 Å². The fourth-order valence-corrected chi connectivity index (χ4v) is 6.48. The van der Waals surface area contributed by atoms with Gasteiger partial charge in [-0.15, -0.1) is 0 Å². The molecule has 0 bridgehead atoms. The van der Waals surface area contributed by atoms with Crippen LogP contribution < -0.4 is 15.2 Å². The first-order valence-corrected chi connectivity index (χ1v) is 13.1. The van der Waals surface area contributed by atoms with E-state index in [1.54, 1.807) is 0 Å². The van der Waals surface area contributed by atoms with Crippen molar-refractivity contribution in [3.63, 3.8) is 0 Å².